The quantitative estimate of drug-likeness (QED) is 0.727. The van der Waals surface area contributed by atoms with Crippen LogP contribution in [0.4, 0.5) is 4.79 Å². The van der Waals surface area contributed by atoms with Crippen LogP contribution in [0.15, 0.2) is 12.4 Å². The smallest absolute Gasteiger partial charge is 0.329 e. The lowest BCUT2D eigenvalue weighted by molar-refractivity contribution is -0.144. The van der Waals surface area contributed by atoms with Crippen molar-refractivity contribution in [3.05, 3.63) is 23.8 Å². The zero-order valence-corrected chi connectivity index (χ0v) is 11.9. The summed E-state index contributed by atoms with van der Waals surface area (Å²) in [6.07, 6.45) is 3.81. The predicted octanol–water partition coefficient (Wildman–Crippen LogP) is 1.23. The molecule has 1 aromatic heterocycles. The minimum absolute atomic E-state index is 0.197. The van der Waals surface area contributed by atoms with Gasteiger partial charge in [-0.3, -0.25) is 9.97 Å². The Labute approximate surface area is 117 Å². The van der Waals surface area contributed by atoms with E-state index in [9.17, 15) is 14.7 Å². The Hall–Kier alpha value is -2.18. The third kappa shape index (κ3) is 3.91. The van der Waals surface area contributed by atoms with Crippen LogP contribution in [0.2, 0.25) is 0 Å². The maximum Gasteiger partial charge on any atom is 0.329 e. The molecule has 1 aromatic rings. The van der Waals surface area contributed by atoms with E-state index in [1.165, 1.54) is 0 Å². The zero-order valence-electron chi connectivity index (χ0n) is 11.9. The van der Waals surface area contributed by atoms with Crippen LogP contribution in [0.3, 0.4) is 0 Å². The van der Waals surface area contributed by atoms with Gasteiger partial charge in [0.2, 0.25) is 0 Å². The van der Waals surface area contributed by atoms with Gasteiger partial charge < -0.3 is 15.7 Å². The van der Waals surface area contributed by atoms with Gasteiger partial charge in [-0.05, 0) is 19.8 Å². The van der Waals surface area contributed by atoms with Crippen LogP contribution in [-0.4, -0.2) is 32.6 Å². The molecule has 0 atom stereocenters. The highest BCUT2D eigenvalue weighted by atomic mass is 16.4. The fourth-order valence-electron chi connectivity index (χ4n) is 1.73. The first kappa shape index (κ1) is 15.9. The third-order valence-corrected chi connectivity index (χ3v) is 3.23. The predicted molar refractivity (Wildman–Crippen MR) is 73.1 cm³/mol. The minimum Gasteiger partial charge on any atom is -0.480 e. The molecular formula is C13H20N4O3. The van der Waals surface area contributed by atoms with E-state index < -0.39 is 17.5 Å². The molecule has 0 spiro atoms. The van der Waals surface area contributed by atoms with Crippen LogP contribution in [0.25, 0.3) is 0 Å². The molecule has 0 radical (unpaired) electrons. The molecule has 0 aliphatic rings. The van der Waals surface area contributed by atoms with Gasteiger partial charge in [-0.1, -0.05) is 13.8 Å². The van der Waals surface area contributed by atoms with Gasteiger partial charge in [0.25, 0.3) is 0 Å². The summed E-state index contributed by atoms with van der Waals surface area (Å²) < 4.78 is 0. The fraction of sp³-hybridized carbons (Fsp3) is 0.538. The number of amides is 2. The Bertz CT molecular complexity index is 469. The fourth-order valence-corrected chi connectivity index (χ4v) is 1.73. The topological polar surface area (TPSA) is 104 Å². The minimum atomic E-state index is -1.23. The number of hydrogen-bond acceptors (Lipinski definition) is 4. The summed E-state index contributed by atoms with van der Waals surface area (Å²) in [5.74, 6) is -1.03. The van der Waals surface area contributed by atoms with E-state index in [0.29, 0.717) is 18.5 Å². The molecule has 0 aliphatic heterocycles. The number of hydrogen-bond donors (Lipinski definition) is 3. The lowest BCUT2D eigenvalue weighted by Crippen LogP contribution is -2.56. The van der Waals surface area contributed by atoms with Crippen molar-refractivity contribution in [2.75, 3.05) is 0 Å². The van der Waals surface area contributed by atoms with E-state index in [2.05, 4.69) is 20.6 Å². The van der Waals surface area contributed by atoms with Crippen molar-refractivity contribution < 1.29 is 14.7 Å². The Morgan fingerprint density at radius 2 is 1.90 bits per heavy atom. The van der Waals surface area contributed by atoms with Gasteiger partial charge in [0.15, 0.2) is 0 Å². The molecule has 20 heavy (non-hydrogen) atoms. The second kappa shape index (κ2) is 6.83. The SMILES string of the molecule is CCC(CC)(NC(=O)NCc1cnc(C)cn1)C(=O)O. The van der Waals surface area contributed by atoms with Crippen LogP contribution in [0.5, 0.6) is 0 Å². The molecule has 0 saturated heterocycles. The molecule has 0 aliphatic carbocycles. The van der Waals surface area contributed by atoms with Gasteiger partial charge in [-0.25, -0.2) is 9.59 Å². The molecular weight excluding hydrogens is 260 g/mol. The zero-order chi connectivity index (χ0) is 15.2. The molecule has 0 aromatic carbocycles. The number of nitrogens with zero attached hydrogens (tertiary/aromatic N) is 2. The molecule has 0 unspecified atom stereocenters. The van der Waals surface area contributed by atoms with Gasteiger partial charge in [0.05, 0.1) is 24.1 Å². The number of rotatable bonds is 6. The average molecular weight is 280 g/mol. The van der Waals surface area contributed by atoms with Crippen LogP contribution in [0.1, 0.15) is 38.1 Å². The van der Waals surface area contributed by atoms with Gasteiger partial charge in [0.1, 0.15) is 5.54 Å². The number of nitrogens with one attached hydrogen (secondary N) is 2. The number of aryl methyl sites for hydroxylation is 1. The molecule has 3 N–H and O–H groups in total. The van der Waals surface area contributed by atoms with E-state index in [0.717, 1.165) is 5.69 Å². The van der Waals surface area contributed by atoms with E-state index in [-0.39, 0.29) is 6.54 Å². The van der Waals surface area contributed by atoms with E-state index >= 15 is 0 Å². The number of carboxylic acid groups (broad SMARTS) is 1. The van der Waals surface area contributed by atoms with Crippen LogP contribution >= 0.6 is 0 Å². The number of urea groups is 1. The average Bonchev–Trinajstić information content (AvgIpc) is 2.44. The van der Waals surface area contributed by atoms with Crippen molar-refractivity contribution in [3.8, 4) is 0 Å². The second-order valence-electron chi connectivity index (χ2n) is 4.55. The highest BCUT2D eigenvalue weighted by Gasteiger charge is 2.36. The Morgan fingerprint density at radius 1 is 1.25 bits per heavy atom. The Morgan fingerprint density at radius 3 is 2.35 bits per heavy atom. The van der Waals surface area contributed by atoms with Crippen molar-refractivity contribution in [1.29, 1.82) is 0 Å². The van der Waals surface area contributed by atoms with Crippen molar-refractivity contribution in [3.63, 3.8) is 0 Å². The monoisotopic (exact) mass is 280 g/mol. The van der Waals surface area contributed by atoms with E-state index in [1.54, 1.807) is 26.2 Å². The molecule has 1 heterocycles. The van der Waals surface area contributed by atoms with E-state index in [1.807, 2.05) is 6.92 Å². The summed E-state index contributed by atoms with van der Waals surface area (Å²) in [6, 6.07) is -0.529. The van der Waals surface area contributed by atoms with Gasteiger partial charge in [-0.15, -0.1) is 0 Å². The first-order valence-electron chi connectivity index (χ1n) is 6.50. The second-order valence-corrected chi connectivity index (χ2v) is 4.55. The summed E-state index contributed by atoms with van der Waals surface area (Å²) >= 11 is 0. The summed E-state index contributed by atoms with van der Waals surface area (Å²) in [7, 11) is 0. The van der Waals surface area contributed by atoms with Crippen molar-refractivity contribution in [1.82, 2.24) is 20.6 Å². The highest BCUT2D eigenvalue weighted by molar-refractivity contribution is 5.86. The van der Waals surface area contributed by atoms with Gasteiger partial charge in [0, 0.05) is 6.20 Å². The van der Waals surface area contributed by atoms with Gasteiger partial charge >= 0.3 is 12.0 Å². The maximum absolute atomic E-state index is 11.8. The normalized spacial score (nSPS) is 10.9. The molecule has 2 amide bonds. The summed E-state index contributed by atoms with van der Waals surface area (Å²) in [6.45, 7) is 5.47. The largest absolute Gasteiger partial charge is 0.480 e. The van der Waals surface area contributed by atoms with Crippen LogP contribution in [0, 0.1) is 6.92 Å². The molecule has 7 nitrogen and oxygen atoms in total. The molecule has 0 saturated carbocycles. The number of aliphatic carboxylic acids is 1. The first-order valence-corrected chi connectivity index (χ1v) is 6.50. The third-order valence-electron chi connectivity index (χ3n) is 3.23. The van der Waals surface area contributed by atoms with Crippen molar-refractivity contribution in [2.24, 2.45) is 0 Å². The Balaban J connectivity index is 2.58. The summed E-state index contributed by atoms with van der Waals surface area (Å²) in [4.78, 5) is 31.2. The lowest BCUT2D eigenvalue weighted by atomic mass is 9.93. The molecule has 7 heteroatoms. The van der Waals surface area contributed by atoms with Crippen molar-refractivity contribution in [2.45, 2.75) is 45.7 Å². The highest BCUT2D eigenvalue weighted by Crippen LogP contribution is 2.15. The van der Waals surface area contributed by atoms with E-state index in [4.69, 9.17) is 0 Å². The molecule has 1 rings (SSSR count). The lowest BCUT2D eigenvalue weighted by Gasteiger charge is -2.27. The van der Waals surface area contributed by atoms with Crippen LogP contribution < -0.4 is 10.6 Å². The first-order chi connectivity index (χ1) is 9.43. The maximum atomic E-state index is 11.8. The standard InChI is InChI=1S/C13H20N4O3/c1-4-13(5-2,11(18)19)17-12(20)16-8-10-7-14-9(3)6-15-10/h6-7H,4-5,8H2,1-3H3,(H,18,19)(H2,16,17,20). The Kier molecular flexibility index (Phi) is 5.42. The van der Waals surface area contributed by atoms with Gasteiger partial charge in [-0.2, -0.15) is 0 Å². The van der Waals surface area contributed by atoms with Crippen LogP contribution in [-0.2, 0) is 11.3 Å². The summed E-state index contributed by atoms with van der Waals surface area (Å²) in [5.41, 5.74) is 0.169. The number of carboxylic acids is 1. The van der Waals surface area contributed by atoms with Crippen molar-refractivity contribution >= 4 is 12.0 Å². The molecule has 0 bridgehead atoms. The number of carbonyl (C=O) groups excluding carboxylic acids is 1. The number of carbonyl (C=O) groups is 2. The number of aromatic nitrogens is 2. The summed E-state index contributed by atoms with van der Waals surface area (Å²) in [5, 5.41) is 14.3. The molecule has 0 fully saturated rings. The molecule has 110 valence electrons.